The van der Waals surface area contributed by atoms with Crippen LogP contribution < -0.4 is 0 Å². The lowest BCUT2D eigenvalue weighted by Gasteiger charge is -2.35. The zero-order chi connectivity index (χ0) is 10.6. The number of esters is 1. The van der Waals surface area contributed by atoms with Crippen molar-refractivity contribution >= 4 is 18.2 Å². The van der Waals surface area contributed by atoms with E-state index >= 15 is 0 Å². The maximum atomic E-state index is 11.4. The minimum absolute atomic E-state index is 0.0292. The molecule has 1 aliphatic rings. The van der Waals surface area contributed by atoms with Crippen LogP contribution in [-0.4, -0.2) is 42.8 Å². The van der Waals surface area contributed by atoms with E-state index in [4.69, 9.17) is 0 Å². The third-order valence-corrected chi connectivity index (χ3v) is 2.41. The predicted molar refractivity (Wildman–Crippen MR) is 47.4 cm³/mol. The SMILES string of the molecule is COC(=O)C(=O)N(CC=O)C1CCC1. The van der Waals surface area contributed by atoms with Gasteiger partial charge in [0.1, 0.15) is 6.29 Å². The summed E-state index contributed by atoms with van der Waals surface area (Å²) in [5, 5.41) is 0. The highest BCUT2D eigenvalue weighted by molar-refractivity contribution is 6.32. The van der Waals surface area contributed by atoms with Crippen molar-refractivity contribution in [1.82, 2.24) is 4.90 Å². The Labute approximate surface area is 82.0 Å². The zero-order valence-electron chi connectivity index (χ0n) is 8.06. The molecule has 0 aromatic rings. The van der Waals surface area contributed by atoms with E-state index in [0.717, 1.165) is 26.4 Å². The second-order valence-corrected chi connectivity index (χ2v) is 3.20. The molecule has 0 bridgehead atoms. The Kier molecular flexibility index (Phi) is 3.62. The molecule has 0 saturated heterocycles. The molecule has 14 heavy (non-hydrogen) atoms. The maximum absolute atomic E-state index is 11.4. The third-order valence-electron chi connectivity index (χ3n) is 2.41. The van der Waals surface area contributed by atoms with Crippen LogP contribution in [0, 0.1) is 0 Å². The summed E-state index contributed by atoms with van der Waals surface area (Å²) in [5.74, 6) is -1.62. The molecule has 0 spiro atoms. The highest BCUT2D eigenvalue weighted by atomic mass is 16.5. The average Bonchev–Trinajstić information content (AvgIpc) is 2.12. The number of nitrogens with zero attached hydrogens (tertiary/aromatic N) is 1. The molecule has 0 atom stereocenters. The summed E-state index contributed by atoms with van der Waals surface area (Å²) < 4.78 is 4.31. The first-order chi connectivity index (χ1) is 6.70. The number of rotatable bonds is 3. The fourth-order valence-electron chi connectivity index (χ4n) is 1.38. The average molecular weight is 199 g/mol. The molecule has 0 radical (unpaired) electrons. The highest BCUT2D eigenvalue weighted by Gasteiger charge is 2.32. The summed E-state index contributed by atoms with van der Waals surface area (Å²) in [6.45, 7) is -0.0292. The minimum atomic E-state index is -0.904. The lowest BCUT2D eigenvalue weighted by molar-refractivity contribution is -0.160. The number of amides is 1. The van der Waals surface area contributed by atoms with Gasteiger partial charge in [0.2, 0.25) is 0 Å². The summed E-state index contributed by atoms with van der Waals surface area (Å²) in [7, 11) is 1.15. The Morgan fingerprint density at radius 2 is 2.14 bits per heavy atom. The molecular weight excluding hydrogens is 186 g/mol. The van der Waals surface area contributed by atoms with Gasteiger partial charge in [0, 0.05) is 6.04 Å². The minimum Gasteiger partial charge on any atom is -0.462 e. The number of ether oxygens (including phenoxy) is 1. The van der Waals surface area contributed by atoms with Crippen LogP contribution in [0.2, 0.25) is 0 Å². The van der Waals surface area contributed by atoms with Gasteiger partial charge < -0.3 is 14.4 Å². The van der Waals surface area contributed by atoms with Crippen LogP contribution in [0.1, 0.15) is 19.3 Å². The number of aldehydes is 1. The van der Waals surface area contributed by atoms with Gasteiger partial charge >= 0.3 is 11.9 Å². The van der Waals surface area contributed by atoms with Crippen molar-refractivity contribution < 1.29 is 19.1 Å². The van der Waals surface area contributed by atoms with Crippen LogP contribution in [0.15, 0.2) is 0 Å². The van der Waals surface area contributed by atoms with Gasteiger partial charge in [-0.2, -0.15) is 0 Å². The molecule has 1 saturated carbocycles. The molecule has 1 rings (SSSR count). The van der Waals surface area contributed by atoms with E-state index < -0.39 is 11.9 Å². The highest BCUT2D eigenvalue weighted by Crippen LogP contribution is 2.24. The first-order valence-corrected chi connectivity index (χ1v) is 4.53. The van der Waals surface area contributed by atoms with Gasteiger partial charge in [-0.15, -0.1) is 0 Å². The fourth-order valence-corrected chi connectivity index (χ4v) is 1.38. The van der Waals surface area contributed by atoms with E-state index in [1.807, 2.05) is 0 Å². The summed E-state index contributed by atoms with van der Waals surface area (Å²) >= 11 is 0. The largest absolute Gasteiger partial charge is 0.462 e. The number of hydrogen-bond donors (Lipinski definition) is 0. The van der Waals surface area contributed by atoms with Crippen molar-refractivity contribution in [3.63, 3.8) is 0 Å². The Bertz CT molecular complexity index is 247. The van der Waals surface area contributed by atoms with E-state index in [-0.39, 0.29) is 12.6 Å². The number of carbonyl (C=O) groups is 3. The Hall–Kier alpha value is -1.39. The normalized spacial score (nSPS) is 15.5. The molecule has 1 fully saturated rings. The van der Waals surface area contributed by atoms with Crippen LogP contribution in [0.4, 0.5) is 0 Å². The van der Waals surface area contributed by atoms with Crippen molar-refractivity contribution in [1.29, 1.82) is 0 Å². The molecule has 0 aromatic heterocycles. The smallest absolute Gasteiger partial charge is 0.396 e. The van der Waals surface area contributed by atoms with Crippen molar-refractivity contribution in [3.05, 3.63) is 0 Å². The van der Waals surface area contributed by atoms with Gasteiger partial charge in [-0.1, -0.05) is 0 Å². The van der Waals surface area contributed by atoms with Gasteiger partial charge in [0.05, 0.1) is 13.7 Å². The van der Waals surface area contributed by atoms with Crippen LogP contribution in [0.25, 0.3) is 0 Å². The number of hydrogen-bond acceptors (Lipinski definition) is 4. The standard InChI is InChI=1S/C9H13NO4/c1-14-9(13)8(12)10(5-6-11)7-3-2-4-7/h6-7H,2-5H2,1H3. The molecular formula is C9H13NO4. The van der Waals surface area contributed by atoms with Crippen molar-refractivity contribution in [2.45, 2.75) is 25.3 Å². The summed E-state index contributed by atoms with van der Waals surface area (Å²) in [6, 6.07) is 0.0341. The summed E-state index contributed by atoms with van der Waals surface area (Å²) in [6.07, 6.45) is 3.38. The molecule has 1 aliphatic carbocycles. The van der Waals surface area contributed by atoms with E-state index in [9.17, 15) is 14.4 Å². The number of carbonyl (C=O) groups excluding carboxylic acids is 3. The van der Waals surface area contributed by atoms with E-state index in [1.54, 1.807) is 0 Å². The second kappa shape index (κ2) is 4.74. The zero-order valence-corrected chi connectivity index (χ0v) is 8.06. The van der Waals surface area contributed by atoms with E-state index in [2.05, 4.69) is 4.74 Å². The van der Waals surface area contributed by atoms with Crippen LogP contribution >= 0.6 is 0 Å². The molecule has 0 heterocycles. The summed E-state index contributed by atoms with van der Waals surface area (Å²) in [4.78, 5) is 33.9. The predicted octanol–water partition coefficient (Wildman–Crippen LogP) is -0.261. The molecule has 0 aromatic carbocycles. The molecule has 0 aliphatic heterocycles. The second-order valence-electron chi connectivity index (χ2n) is 3.20. The topological polar surface area (TPSA) is 63.7 Å². The molecule has 0 unspecified atom stereocenters. The molecule has 5 heteroatoms. The van der Waals surface area contributed by atoms with Crippen LogP contribution in [-0.2, 0) is 19.1 Å². The maximum Gasteiger partial charge on any atom is 0.396 e. The monoisotopic (exact) mass is 199 g/mol. The lowest BCUT2D eigenvalue weighted by atomic mass is 9.91. The Morgan fingerprint density at radius 1 is 1.50 bits per heavy atom. The van der Waals surface area contributed by atoms with Crippen LogP contribution in [0.3, 0.4) is 0 Å². The van der Waals surface area contributed by atoms with Gasteiger partial charge in [0.15, 0.2) is 0 Å². The molecule has 78 valence electrons. The molecule has 1 amide bonds. The Morgan fingerprint density at radius 3 is 2.50 bits per heavy atom. The number of methoxy groups -OCH3 is 1. The first kappa shape index (κ1) is 10.7. The molecule has 0 N–H and O–H groups in total. The lowest BCUT2D eigenvalue weighted by Crippen LogP contribution is -2.48. The summed E-state index contributed by atoms with van der Waals surface area (Å²) in [5.41, 5.74) is 0. The van der Waals surface area contributed by atoms with Crippen molar-refractivity contribution in [3.8, 4) is 0 Å². The molecule has 5 nitrogen and oxygen atoms in total. The first-order valence-electron chi connectivity index (χ1n) is 4.53. The van der Waals surface area contributed by atoms with Gasteiger partial charge in [-0.25, -0.2) is 4.79 Å². The van der Waals surface area contributed by atoms with Gasteiger partial charge in [0.25, 0.3) is 0 Å². The third kappa shape index (κ3) is 2.10. The van der Waals surface area contributed by atoms with Crippen molar-refractivity contribution in [2.75, 3.05) is 13.7 Å². The van der Waals surface area contributed by atoms with Gasteiger partial charge in [-0.3, -0.25) is 4.79 Å². The quantitative estimate of drug-likeness (QED) is 0.357. The van der Waals surface area contributed by atoms with Gasteiger partial charge in [-0.05, 0) is 19.3 Å². The fraction of sp³-hybridized carbons (Fsp3) is 0.667. The van der Waals surface area contributed by atoms with Crippen LogP contribution in [0.5, 0.6) is 0 Å². The Balaban J connectivity index is 2.60. The van der Waals surface area contributed by atoms with E-state index in [0.29, 0.717) is 6.29 Å². The van der Waals surface area contributed by atoms with Crippen molar-refractivity contribution in [2.24, 2.45) is 0 Å². The van der Waals surface area contributed by atoms with E-state index in [1.165, 1.54) is 4.90 Å².